The van der Waals surface area contributed by atoms with Crippen LogP contribution in [0.2, 0.25) is 0 Å². The first-order valence-electron chi connectivity index (χ1n) is 13.3. The van der Waals surface area contributed by atoms with Gasteiger partial charge in [0.05, 0.1) is 12.5 Å². The number of guanidine groups is 1. The molecular weight excluding hydrogens is 544 g/mol. The summed E-state index contributed by atoms with van der Waals surface area (Å²) in [5.41, 5.74) is 22.9. The van der Waals surface area contributed by atoms with Crippen molar-refractivity contribution in [1.29, 1.82) is 0 Å². The zero-order valence-electron chi connectivity index (χ0n) is 23.1. The molecule has 0 saturated heterocycles. The SMILES string of the molecule is NC(=O)CC(N)C(=O)NC(Cc1ccccc1)C(=O)NC(Cc1ccccc1)C(=O)NC(CCCN=C(N)N)C(=O)O. The summed E-state index contributed by atoms with van der Waals surface area (Å²) < 4.78 is 0. The molecular formula is C28H38N8O6. The molecule has 0 radical (unpaired) electrons. The zero-order valence-corrected chi connectivity index (χ0v) is 23.1. The molecule has 2 aromatic carbocycles. The van der Waals surface area contributed by atoms with Gasteiger partial charge in [-0.25, -0.2) is 4.79 Å². The third-order valence-electron chi connectivity index (χ3n) is 6.15. The Labute approximate surface area is 243 Å². The van der Waals surface area contributed by atoms with Gasteiger partial charge in [-0.3, -0.25) is 24.2 Å². The molecule has 0 fully saturated rings. The smallest absolute Gasteiger partial charge is 0.326 e. The van der Waals surface area contributed by atoms with Crippen LogP contribution in [-0.2, 0) is 36.8 Å². The van der Waals surface area contributed by atoms with Crippen molar-refractivity contribution in [2.24, 2.45) is 27.9 Å². The second-order valence-electron chi connectivity index (χ2n) is 9.63. The Morgan fingerprint density at radius 1 is 0.714 bits per heavy atom. The molecule has 4 atom stereocenters. The number of carbonyl (C=O) groups excluding carboxylic acids is 4. The molecule has 0 aliphatic heterocycles. The van der Waals surface area contributed by atoms with Crippen molar-refractivity contribution in [2.45, 2.75) is 56.3 Å². The lowest BCUT2D eigenvalue weighted by Crippen LogP contribution is -2.58. The molecule has 4 amide bonds. The van der Waals surface area contributed by atoms with E-state index in [0.717, 1.165) is 0 Å². The van der Waals surface area contributed by atoms with Crippen LogP contribution in [0.4, 0.5) is 0 Å². The molecule has 4 unspecified atom stereocenters. The molecule has 2 aromatic rings. The van der Waals surface area contributed by atoms with Crippen LogP contribution in [0.3, 0.4) is 0 Å². The Morgan fingerprint density at radius 3 is 1.60 bits per heavy atom. The van der Waals surface area contributed by atoms with Crippen molar-refractivity contribution in [2.75, 3.05) is 6.54 Å². The second-order valence-corrected chi connectivity index (χ2v) is 9.63. The van der Waals surface area contributed by atoms with Crippen LogP contribution in [0.15, 0.2) is 65.7 Å². The molecule has 0 aliphatic carbocycles. The van der Waals surface area contributed by atoms with Crippen LogP contribution in [0.1, 0.15) is 30.4 Å². The summed E-state index contributed by atoms with van der Waals surface area (Å²) >= 11 is 0. The van der Waals surface area contributed by atoms with Gasteiger partial charge in [0.25, 0.3) is 0 Å². The summed E-state index contributed by atoms with van der Waals surface area (Å²) in [7, 11) is 0. The van der Waals surface area contributed by atoms with E-state index in [-0.39, 0.29) is 38.2 Å². The summed E-state index contributed by atoms with van der Waals surface area (Å²) in [6.45, 7) is 0.172. The second kappa shape index (κ2) is 17.0. The Hall–Kier alpha value is -4.98. The van der Waals surface area contributed by atoms with Gasteiger partial charge >= 0.3 is 5.97 Å². The number of carboxylic acid groups (broad SMARTS) is 1. The average molecular weight is 583 g/mol. The van der Waals surface area contributed by atoms with Gasteiger partial charge in [0, 0.05) is 19.4 Å². The minimum absolute atomic E-state index is 0.0337. The molecule has 0 spiro atoms. The normalized spacial score (nSPS) is 13.5. The summed E-state index contributed by atoms with van der Waals surface area (Å²) in [5.74, 6) is -4.42. The Bertz CT molecular complexity index is 1240. The number of primary amides is 1. The summed E-state index contributed by atoms with van der Waals surface area (Å²) in [6.07, 6.45) is -0.0317. The van der Waals surface area contributed by atoms with E-state index >= 15 is 0 Å². The zero-order chi connectivity index (χ0) is 31.1. The van der Waals surface area contributed by atoms with Gasteiger partial charge in [-0.1, -0.05) is 60.7 Å². The van der Waals surface area contributed by atoms with Crippen molar-refractivity contribution in [1.82, 2.24) is 16.0 Å². The Balaban J connectivity index is 2.27. The third-order valence-corrected chi connectivity index (χ3v) is 6.15. The topological polar surface area (TPSA) is 258 Å². The fourth-order valence-corrected chi connectivity index (χ4v) is 4.01. The number of nitrogens with one attached hydrogen (secondary N) is 3. The number of hydrogen-bond acceptors (Lipinski definition) is 7. The van der Waals surface area contributed by atoms with Crippen LogP contribution in [0, 0.1) is 0 Å². The van der Waals surface area contributed by atoms with Gasteiger partial charge < -0.3 is 44.0 Å². The molecule has 0 bridgehead atoms. The van der Waals surface area contributed by atoms with Crippen LogP contribution >= 0.6 is 0 Å². The van der Waals surface area contributed by atoms with E-state index in [0.29, 0.717) is 11.1 Å². The first-order valence-corrected chi connectivity index (χ1v) is 13.3. The van der Waals surface area contributed by atoms with Gasteiger partial charge in [-0.2, -0.15) is 0 Å². The lowest BCUT2D eigenvalue weighted by Gasteiger charge is -2.25. The van der Waals surface area contributed by atoms with Crippen molar-refractivity contribution in [3.05, 3.63) is 71.8 Å². The maximum Gasteiger partial charge on any atom is 0.326 e. The fourth-order valence-electron chi connectivity index (χ4n) is 4.01. The van der Waals surface area contributed by atoms with Crippen molar-refractivity contribution in [3.8, 4) is 0 Å². The number of aliphatic imine (C=N–C) groups is 1. The Kier molecular flexibility index (Phi) is 13.4. The highest BCUT2D eigenvalue weighted by Gasteiger charge is 2.31. The largest absolute Gasteiger partial charge is 0.480 e. The van der Waals surface area contributed by atoms with Crippen LogP contribution in [0.5, 0.6) is 0 Å². The molecule has 42 heavy (non-hydrogen) atoms. The highest BCUT2D eigenvalue weighted by molar-refractivity contribution is 5.95. The van der Waals surface area contributed by atoms with E-state index in [2.05, 4.69) is 20.9 Å². The molecule has 14 nitrogen and oxygen atoms in total. The van der Waals surface area contributed by atoms with Crippen LogP contribution < -0.4 is 38.9 Å². The molecule has 0 heterocycles. The standard InChI is InChI=1S/C28H38N8O6/c29-19(16-23(30)37)24(38)35-21(14-17-8-3-1-4-9-17)26(40)36-22(15-18-10-5-2-6-11-18)25(39)34-20(27(41)42)12-7-13-33-28(31)32/h1-6,8-11,19-22H,7,12-16,29H2,(H2,30,37)(H,34,39)(H,35,38)(H,36,40)(H,41,42)(H4,31,32,33). The maximum atomic E-state index is 13.5. The lowest BCUT2D eigenvalue weighted by molar-refractivity contribution is -0.142. The number of amides is 4. The van der Waals surface area contributed by atoms with E-state index in [1.165, 1.54) is 0 Å². The first-order chi connectivity index (χ1) is 20.0. The number of hydrogen-bond donors (Lipinski definition) is 8. The van der Waals surface area contributed by atoms with Crippen molar-refractivity contribution in [3.63, 3.8) is 0 Å². The van der Waals surface area contributed by atoms with Gasteiger partial charge in [0.2, 0.25) is 23.6 Å². The molecule has 0 aromatic heterocycles. The van der Waals surface area contributed by atoms with Crippen molar-refractivity contribution < 1.29 is 29.1 Å². The minimum Gasteiger partial charge on any atom is -0.480 e. The highest BCUT2D eigenvalue weighted by Crippen LogP contribution is 2.09. The molecule has 0 saturated carbocycles. The van der Waals surface area contributed by atoms with Gasteiger partial charge in [-0.15, -0.1) is 0 Å². The summed E-state index contributed by atoms with van der Waals surface area (Å²) in [6, 6.07) is 12.7. The van der Waals surface area contributed by atoms with E-state index in [1.807, 2.05) is 0 Å². The van der Waals surface area contributed by atoms with E-state index in [4.69, 9.17) is 22.9 Å². The number of carbonyl (C=O) groups is 5. The Morgan fingerprint density at radius 2 is 1.17 bits per heavy atom. The minimum atomic E-state index is -1.28. The lowest BCUT2D eigenvalue weighted by atomic mass is 10.0. The van der Waals surface area contributed by atoms with Crippen molar-refractivity contribution >= 4 is 35.6 Å². The van der Waals surface area contributed by atoms with E-state index in [9.17, 15) is 29.1 Å². The number of aliphatic carboxylic acids is 1. The van der Waals surface area contributed by atoms with E-state index < -0.39 is 60.2 Å². The van der Waals surface area contributed by atoms with Gasteiger partial charge in [-0.05, 0) is 24.0 Å². The third kappa shape index (κ3) is 12.0. The molecule has 226 valence electrons. The van der Waals surface area contributed by atoms with E-state index in [1.54, 1.807) is 60.7 Å². The predicted molar refractivity (Wildman–Crippen MR) is 155 cm³/mol. The number of carboxylic acids is 1. The molecule has 12 N–H and O–H groups in total. The van der Waals surface area contributed by atoms with Gasteiger partial charge in [0.1, 0.15) is 18.1 Å². The van der Waals surface area contributed by atoms with Crippen LogP contribution in [-0.4, -0.2) is 71.4 Å². The quantitative estimate of drug-likeness (QED) is 0.0597. The number of rotatable bonds is 17. The summed E-state index contributed by atoms with van der Waals surface area (Å²) in [5, 5.41) is 17.3. The molecule has 2 rings (SSSR count). The number of benzene rings is 2. The number of nitrogens with zero attached hydrogens (tertiary/aromatic N) is 1. The predicted octanol–water partition coefficient (Wildman–Crippen LogP) is -1.73. The monoisotopic (exact) mass is 582 g/mol. The first kappa shape index (κ1) is 33.2. The van der Waals surface area contributed by atoms with Gasteiger partial charge in [0.15, 0.2) is 5.96 Å². The average Bonchev–Trinajstić information content (AvgIpc) is 2.94. The highest BCUT2D eigenvalue weighted by atomic mass is 16.4. The van der Waals surface area contributed by atoms with Crippen LogP contribution in [0.25, 0.3) is 0 Å². The molecule has 0 aliphatic rings. The summed E-state index contributed by atoms with van der Waals surface area (Å²) in [4.78, 5) is 66.5. The molecule has 14 heteroatoms. The fraction of sp³-hybridized carbons (Fsp3) is 0.357. The number of nitrogens with two attached hydrogens (primary N) is 4. The maximum absolute atomic E-state index is 13.5.